The van der Waals surface area contributed by atoms with E-state index < -0.39 is 0 Å². The molecule has 2 bridgehead atoms. The highest BCUT2D eigenvalue weighted by Gasteiger charge is 2.51. The quantitative estimate of drug-likeness (QED) is 0.730. The minimum absolute atomic E-state index is 0.114. The number of likely N-dealkylation sites (N-methyl/N-ethyl adjacent to an activating group) is 1. The fraction of sp³-hybridized carbons (Fsp3) is 0.708. The van der Waals surface area contributed by atoms with Crippen LogP contribution >= 0.6 is 0 Å². The number of fused-ring (bicyclic) bond motifs is 4. The van der Waals surface area contributed by atoms with Crippen molar-refractivity contribution in [2.75, 3.05) is 47.4 Å². The van der Waals surface area contributed by atoms with Gasteiger partial charge < -0.3 is 15.0 Å². The molecule has 4 rings (SSSR count). The predicted octanol–water partition coefficient (Wildman–Crippen LogP) is 2.68. The maximum atomic E-state index is 12.2. The third-order valence-electron chi connectivity index (χ3n) is 7.59. The molecule has 2 aliphatic carbocycles. The number of nitrogens with one attached hydrogen (secondary N) is 1. The van der Waals surface area contributed by atoms with E-state index in [0.29, 0.717) is 18.5 Å². The van der Waals surface area contributed by atoms with Crippen molar-refractivity contribution < 1.29 is 9.53 Å². The molecule has 1 amide bonds. The standard InChI is InChI=1S/C24H37N3O2/c1-17-22-13-19-7-8-20(29-4)14-21(19)24(17,9-11-25-23(28)16-26(2)3)10-12-27(22)15-18-5-6-18/h7-8,14,17-18,22H,5-6,9-13,15-16H2,1-4H3,(H,25,28)/t17-,22+,24?/m0/s1. The molecular weight excluding hydrogens is 362 g/mol. The maximum Gasteiger partial charge on any atom is 0.234 e. The van der Waals surface area contributed by atoms with Gasteiger partial charge in [-0.05, 0) is 87.8 Å². The van der Waals surface area contributed by atoms with Crippen LogP contribution < -0.4 is 10.1 Å². The molecule has 1 unspecified atom stereocenters. The zero-order valence-corrected chi connectivity index (χ0v) is 18.5. The summed E-state index contributed by atoms with van der Waals surface area (Å²) in [5.74, 6) is 2.58. The van der Waals surface area contributed by atoms with Crippen LogP contribution in [-0.4, -0.2) is 69.1 Å². The van der Waals surface area contributed by atoms with Crippen molar-refractivity contribution in [1.82, 2.24) is 15.1 Å². The third-order valence-corrected chi connectivity index (χ3v) is 7.59. The molecule has 5 heteroatoms. The number of likely N-dealkylation sites (tertiary alicyclic amines) is 1. The van der Waals surface area contributed by atoms with Gasteiger partial charge in [0.15, 0.2) is 0 Å². The molecule has 0 radical (unpaired) electrons. The minimum atomic E-state index is 0.114. The number of hydrogen-bond donors (Lipinski definition) is 1. The van der Waals surface area contributed by atoms with Gasteiger partial charge in [-0.15, -0.1) is 0 Å². The molecule has 1 aromatic carbocycles. The molecule has 1 aromatic rings. The average molecular weight is 400 g/mol. The van der Waals surface area contributed by atoms with Crippen LogP contribution in [0.5, 0.6) is 5.75 Å². The van der Waals surface area contributed by atoms with Crippen LogP contribution in [0.1, 0.15) is 43.7 Å². The van der Waals surface area contributed by atoms with Gasteiger partial charge in [-0.25, -0.2) is 0 Å². The fourth-order valence-electron chi connectivity index (χ4n) is 5.77. The number of carbonyl (C=O) groups is 1. The molecule has 1 saturated carbocycles. The van der Waals surface area contributed by atoms with Gasteiger partial charge in [-0.2, -0.15) is 0 Å². The van der Waals surface area contributed by atoms with Crippen LogP contribution in [0.3, 0.4) is 0 Å². The molecule has 29 heavy (non-hydrogen) atoms. The first-order valence-electron chi connectivity index (χ1n) is 11.3. The van der Waals surface area contributed by atoms with Crippen molar-refractivity contribution in [3.05, 3.63) is 29.3 Å². The number of hydrogen-bond acceptors (Lipinski definition) is 4. The van der Waals surface area contributed by atoms with Crippen molar-refractivity contribution in [1.29, 1.82) is 0 Å². The number of nitrogens with zero attached hydrogens (tertiary/aromatic N) is 2. The third kappa shape index (κ3) is 4.17. The molecule has 0 spiro atoms. The highest BCUT2D eigenvalue weighted by atomic mass is 16.5. The Balaban J connectivity index is 1.58. The lowest BCUT2D eigenvalue weighted by Crippen LogP contribution is -2.60. The van der Waals surface area contributed by atoms with Crippen molar-refractivity contribution in [3.8, 4) is 5.75 Å². The van der Waals surface area contributed by atoms with E-state index in [9.17, 15) is 4.79 Å². The van der Waals surface area contributed by atoms with Crippen LogP contribution in [0, 0.1) is 11.8 Å². The predicted molar refractivity (Wildman–Crippen MR) is 116 cm³/mol. The number of amides is 1. The number of ether oxygens (including phenoxy) is 1. The SMILES string of the molecule is COc1ccc2c(c1)C1(CCNC(=O)CN(C)C)CCN(CC3CC3)[C@H](C2)[C@@H]1C. The van der Waals surface area contributed by atoms with E-state index in [1.165, 1.54) is 43.5 Å². The summed E-state index contributed by atoms with van der Waals surface area (Å²) in [5, 5.41) is 3.17. The van der Waals surface area contributed by atoms with Crippen molar-refractivity contribution in [3.63, 3.8) is 0 Å². The molecular formula is C24H37N3O2. The molecule has 1 N–H and O–H groups in total. The lowest BCUT2D eigenvalue weighted by atomic mass is 9.56. The maximum absolute atomic E-state index is 12.2. The second-order valence-electron chi connectivity index (χ2n) is 9.77. The molecule has 1 saturated heterocycles. The Bertz CT molecular complexity index is 746. The number of rotatable bonds is 8. The molecule has 1 heterocycles. The Labute approximate surface area is 175 Å². The van der Waals surface area contributed by atoms with Gasteiger partial charge >= 0.3 is 0 Å². The van der Waals surface area contributed by atoms with Crippen LogP contribution in [0.2, 0.25) is 0 Å². The van der Waals surface area contributed by atoms with Crippen molar-refractivity contribution >= 4 is 5.91 Å². The smallest absolute Gasteiger partial charge is 0.234 e. The second-order valence-corrected chi connectivity index (χ2v) is 9.77. The van der Waals surface area contributed by atoms with Gasteiger partial charge in [0.25, 0.3) is 0 Å². The summed E-state index contributed by atoms with van der Waals surface area (Å²) in [6, 6.07) is 7.29. The molecule has 5 nitrogen and oxygen atoms in total. The summed E-state index contributed by atoms with van der Waals surface area (Å²) in [6.07, 6.45) is 6.13. The summed E-state index contributed by atoms with van der Waals surface area (Å²) >= 11 is 0. The summed E-state index contributed by atoms with van der Waals surface area (Å²) in [7, 11) is 5.62. The first-order valence-corrected chi connectivity index (χ1v) is 11.3. The highest BCUT2D eigenvalue weighted by molar-refractivity contribution is 5.77. The van der Waals surface area contributed by atoms with Gasteiger partial charge in [0, 0.05) is 24.5 Å². The molecule has 0 aromatic heterocycles. The second kappa shape index (κ2) is 8.27. The zero-order chi connectivity index (χ0) is 20.6. The van der Waals surface area contributed by atoms with Crippen LogP contribution in [0.25, 0.3) is 0 Å². The zero-order valence-electron chi connectivity index (χ0n) is 18.5. The van der Waals surface area contributed by atoms with E-state index in [4.69, 9.17) is 4.74 Å². The molecule has 3 atom stereocenters. The number of methoxy groups -OCH3 is 1. The van der Waals surface area contributed by atoms with Gasteiger partial charge in [0.05, 0.1) is 13.7 Å². The largest absolute Gasteiger partial charge is 0.497 e. The van der Waals surface area contributed by atoms with Gasteiger partial charge in [0.2, 0.25) is 5.91 Å². The summed E-state index contributed by atoms with van der Waals surface area (Å²) in [5.41, 5.74) is 3.07. The first kappa shape index (κ1) is 20.7. The summed E-state index contributed by atoms with van der Waals surface area (Å²) < 4.78 is 5.58. The molecule has 3 aliphatic rings. The lowest BCUT2D eigenvalue weighted by molar-refractivity contribution is -0.121. The summed E-state index contributed by atoms with van der Waals surface area (Å²) in [4.78, 5) is 16.9. The van der Waals surface area contributed by atoms with Crippen LogP contribution in [0.15, 0.2) is 18.2 Å². The van der Waals surface area contributed by atoms with Gasteiger partial charge in [0.1, 0.15) is 5.75 Å². The number of piperidine rings is 1. The van der Waals surface area contributed by atoms with E-state index >= 15 is 0 Å². The Morgan fingerprint density at radius 1 is 1.34 bits per heavy atom. The molecule has 1 aliphatic heterocycles. The van der Waals surface area contributed by atoms with E-state index in [1.54, 1.807) is 7.11 Å². The normalized spacial score (nSPS) is 28.9. The lowest BCUT2D eigenvalue weighted by Gasteiger charge is -2.56. The highest BCUT2D eigenvalue weighted by Crippen LogP contribution is 2.52. The van der Waals surface area contributed by atoms with E-state index in [1.807, 2.05) is 19.0 Å². The Morgan fingerprint density at radius 2 is 2.14 bits per heavy atom. The van der Waals surface area contributed by atoms with E-state index in [2.05, 4.69) is 35.3 Å². The van der Waals surface area contributed by atoms with E-state index in [0.717, 1.165) is 31.1 Å². The average Bonchev–Trinajstić information content (AvgIpc) is 3.49. The first-order chi connectivity index (χ1) is 13.9. The monoisotopic (exact) mass is 399 g/mol. The van der Waals surface area contributed by atoms with Crippen molar-refractivity contribution in [2.45, 2.75) is 50.5 Å². The summed E-state index contributed by atoms with van der Waals surface area (Å²) in [6.45, 7) is 6.09. The number of carbonyl (C=O) groups excluding carboxylic acids is 1. The van der Waals surface area contributed by atoms with Crippen LogP contribution in [-0.2, 0) is 16.6 Å². The minimum Gasteiger partial charge on any atom is -0.497 e. The van der Waals surface area contributed by atoms with Gasteiger partial charge in [-0.3, -0.25) is 9.69 Å². The Hall–Kier alpha value is -1.59. The molecule has 160 valence electrons. The van der Waals surface area contributed by atoms with Gasteiger partial charge in [-0.1, -0.05) is 13.0 Å². The molecule has 2 fully saturated rings. The topological polar surface area (TPSA) is 44.8 Å². The van der Waals surface area contributed by atoms with Crippen LogP contribution in [0.4, 0.5) is 0 Å². The van der Waals surface area contributed by atoms with Crippen molar-refractivity contribution in [2.24, 2.45) is 11.8 Å². The van der Waals surface area contributed by atoms with E-state index in [-0.39, 0.29) is 11.3 Å². The Kier molecular flexibility index (Phi) is 5.90. The number of benzene rings is 1. The fourth-order valence-corrected chi connectivity index (χ4v) is 5.77. The Morgan fingerprint density at radius 3 is 2.83 bits per heavy atom.